The van der Waals surface area contributed by atoms with Gasteiger partial charge < -0.3 is 10.4 Å². The smallest absolute Gasteiger partial charge is 0.150 e. The van der Waals surface area contributed by atoms with Gasteiger partial charge in [-0.25, -0.2) is 8.42 Å². The average molecular weight is 233 g/mol. The van der Waals surface area contributed by atoms with E-state index in [0.29, 0.717) is 5.75 Å². The number of piperidine rings is 1. The lowest BCUT2D eigenvalue weighted by atomic mass is 9.82. The number of nitrogens with one attached hydrogen (secondary N) is 1. The fraction of sp³-hybridized carbons (Fsp3) is 1.00. The van der Waals surface area contributed by atoms with Crippen LogP contribution in [0, 0.1) is 11.8 Å². The summed E-state index contributed by atoms with van der Waals surface area (Å²) in [5.41, 5.74) is 0. The Balaban J connectivity index is 2.03. The van der Waals surface area contributed by atoms with E-state index >= 15 is 0 Å². The maximum atomic E-state index is 11.5. The highest BCUT2D eigenvalue weighted by Crippen LogP contribution is 2.29. The molecule has 0 saturated carbocycles. The molecule has 88 valence electrons. The van der Waals surface area contributed by atoms with Gasteiger partial charge in [0.25, 0.3) is 0 Å². The van der Waals surface area contributed by atoms with Crippen molar-refractivity contribution in [3.63, 3.8) is 0 Å². The zero-order chi connectivity index (χ0) is 10.9. The van der Waals surface area contributed by atoms with Gasteiger partial charge in [0.1, 0.15) is 0 Å². The van der Waals surface area contributed by atoms with E-state index in [4.69, 9.17) is 0 Å². The number of sulfone groups is 1. The summed E-state index contributed by atoms with van der Waals surface area (Å²) in [7, 11) is -2.84. The number of aliphatic hydroxyl groups excluding tert-OH is 1. The second kappa shape index (κ2) is 4.39. The third-order valence-corrected chi connectivity index (χ3v) is 5.44. The summed E-state index contributed by atoms with van der Waals surface area (Å²) in [6.07, 6.45) is 2.14. The first-order valence-corrected chi connectivity index (χ1v) is 7.50. The molecule has 0 bridgehead atoms. The highest BCUT2D eigenvalue weighted by molar-refractivity contribution is 7.91. The first kappa shape index (κ1) is 11.4. The van der Waals surface area contributed by atoms with Gasteiger partial charge in [-0.15, -0.1) is 0 Å². The predicted octanol–water partition coefficient (Wildman–Crippen LogP) is -0.218. The maximum Gasteiger partial charge on any atom is 0.150 e. The van der Waals surface area contributed by atoms with E-state index in [0.717, 1.165) is 32.4 Å². The molecule has 0 amide bonds. The average Bonchev–Trinajstić information content (AvgIpc) is 2.17. The third kappa shape index (κ3) is 2.71. The Hall–Kier alpha value is -0.130. The maximum absolute atomic E-state index is 11.5. The molecular formula is C10H19NO3S. The van der Waals surface area contributed by atoms with Crippen LogP contribution in [0.5, 0.6) is 0 Å². The van der Waals surface area contributed by atoms with Crippen LogP contribution in [0.3, 0.4) is 0 Å². The minimum atomic E-state index is -2.84. The van der Waals surface area contributed by atoms with Gasteiger partial charge in [-0.2, -0.15) is 0 Å². The molecule has 2 N–H and O–H groups in total. The van der Waals surface area contributed by atoms with E-state index in [1.54, 1.807) is 0 Å². The molecule has 0 radical (unpaired) electrons. The van der Waals surface area contributed by atoms with Crippen LogP contribution in [0.15, 0.2) is 0 Å². The van der Waals surface area contributed by atoms with Crippen molar-refractivity contribution in [3.8, 4) is 0 Å². The van der Waals surface area contributed by atoms with Crippen LogP contribution in [0.1, 0.15) is 19.3 Å². The zero-order valence-corrected chi connectivity index (χ0v) is 9.67. The van der Waals surface area contributed by atoms with Crippen LogP contribution in [0.4, 0.5) is 0 Å². The molecule has 4 nitrogen and oxygen atoms in total. The summed E-state index contributed by atoms with van der Waals surface area (Å²) >= 11 is 0. The van der Waals surface area contributed by atoms with E-state index < -0.39 is 9.84 Å². The van der Waals surface area contributed by atoms with Crippen LogP contribution in [-0.4, -0.2) is 44.2 Å². The van der Waals surface area contributed by atoms with Crippen molar-refractivity contribution in [2.24, 2.45) is 11.8 Å². The Kier molecular flexibility index (Phi) is 3.33. The quantitative estimate of drug-likeness (QED) is 0.657. The fourth-order valence-corrected chi connectivity index (χ4v) is 4.58. The first-order valence-electron chi connectivity index (χ1n) is 5.68. The van der Waals surface area contributed by atoms with Gasteiger partial charge in [0.05, 0.1) is 17.6 Å². The summed E-state index contributed by atoms with van der Waals surface area (Å²) < 4.78 is 23.0. The molecule has 2 aliphatic heterocycles. The Bertz CT molecular complexity index is 315. The largest absolute Gasteiger partial charge is 0.393 e. The molecule has 15 heavy (non-hydrogen) atoms. The van der Waals surface area contributed by atoms with Crippen molar-refractivity contribution >= 4 is 9.84 Å². The first-order chi connectivity index (χ1) is 7.08. The molecule has 3 unspecified atom stereocenters. The summed E-state index contributed by atoms with van der Waals surface area (Å²) in [6, 6.07) is 0. The highest BCUT2D eigenvalue weighted by atomic mass is 32.2. The van der Waals surface area contributed by atoms with Gasteiger partial charge >= 0.3 is 0 Å². The molecule has 5 heteroatoms. The topological polar surface area (TPSA) is 66.4 Å². The van der Waals surface area contributed by atoms with E-state index in [9.17, 15) is 13.5 Å². The lowest BCUT2D eigenvalue weighted by Crippen LogP contribution is -2.46. The number of hydrogen-bond donors (Lipinski definition) is 2. The minimum absolute atomic E-state index is 0.133. The molecule has 0 spiro atoms. The zero-order valence-electron chi connectivity index (χ0n) is 8.85. The highest BCUT2D eigenvalue weighted by Gasteiger charge is 2.35. The fourth-order valence-electron chi connectivity index (χ4n) is 2.75. The van der Waals surface area contributed by atoms with Crippen molar-refractivity contribution < 1.29 is 13.5 Å². The van der Waals surface area contributed by atoms with Crippen molar-refractivity contribution in [1.82, 2.24) is 5.32 Å². The summed E-state index contributed by atoms with van der Waals surface area (Å²) in [5, 5.41) is 13.1. The van der Waals surface area contributed by atoms with Crippen LogP contribution in [-0.2, 0) is 9.84 Å². The van der Waals surface area contributed by atoms with Crippen molar-refractivity contribution in [1.29, 1.82) is 0 Å². The molecule has 0 aromatic rings. The van der Waals surface area contributed by atoms with E-state index in [-0.39, 0.29) is 23.7 Å². The Labute approximate surface area is 91.0 Å². The van der Waals surface area contributed by atoms with E-state index in [1.807, 2.05) is 0 Å². The molecule has 2 heterocycles. The Morgan fingerprint density at radius 3 is 2.73 bits per heavy atom. The predicted molar refractivity (Wildman–Crippen MR) is 58.4 cm³/mol. The molecule has 2 fully saturated rings. The lowest BCUT2D eigenvalue weighted by molar-refractivity contribution is 0.0482. The molecule has 2 saturated heterocycles. The van der Waals surface area contributed by atoms with Gasteiger partial charge in [-0.3, -0.25) is 0 Å². The van der Waals surface area contributed by atoms with E-state index in [1.165, 1.54) is 0 Å². The van der Waals surface area contributed by atoms with Crippen LogP contribution in [0.2, 0.25) is 0 Å². The van der Waals surface area contributed by atoms with Gasteiger partial charge in [-0.05, 0) is 31.7 Å². The molecule has 0 aromatic heterocycles. The normalized spacial score (nSPS) is 41.3. The second-order valence-corrected chi connectivity index (χ2v) is 6.97. The van der Waals surface area contributed by atoms with Crippen molar-refractivity contribution in [3.05, 3.63) is 0 Å². The molecule has 0 aromatic carbocycles. The number of hydrogen-bond acceptors (Lipinski definition) is 4. The van der Waals surface area contributed by atoms with Crippen LogP contribution in [0.25, 0.3) is 0 Å². The van der Waals surface area contributed by atoms with Crippen molar-refractivity contribution in [2.45, 2.75) is 25.4 Å². The minimum Gasteiger partial charge on any atom is -0.393 e. The van der Waals surface area contributed by atoms with Gasteiger partial charge in [0.15, 0.2) is 9.84 Å². The second-order valence-electron chi connectivity index (χ2n) is 4.74. The third-order valence-electron chi connectivity index (χ3n) is 3.59. The molecule has 2 aliphatic rings. The molecular weight excluding hydrogens is 214 g/mol. The Morgan fingerprint density at radius 2 is 2.07 bits per heavy atom. The SMILES string of the molecule is O=S1(=O)CCCC(C2CNCCC2O)C1. The molecule has 0 aliphatic carbocycles. The Morgan fingerprint density at radius 1 is 1.27 bits per heavy atom. The van der Waals surface area contributed by atoms with Crippen LogP contribution >= 0.6 is 0 Å². The number of rotatable bonds is 1. The standard InChI is InChI=1S/C10H19NO3S/c12-10-3-4-11-6-9(10)8-2-1-5-15(13,14)7-8/h8-12H,1-7H2. The van der Waals surface area contributed by atoms with Crippen LogP contribution < -0.4 is 5.32 Å². The number of aliphatic hydroxyl groups is 1. The van der Waals surface area contributed by atoms with Gasteiger partial charge in [0.2, 0.25) is 0 Å². The lowest BCUT2D eigenvalue weighted by Gasteiger charge is -2.36. The van der Waals surface area contributed by atoms with Gasteiger partial charge in [-0.1, -0.05) is 0 Å². The summed E-state index contributed by atoms with van der Waals surface area (Å²) in [6.45, 7) is 1.61. The molecule has 3 atom stereocenters. The summed E-state index contributed by atoms with van der Waals surface area (Å²) in [5.74, 6) is 0.899. The van der Waals surface area contributed by atoms with Gasteiger partial charge in [0, 0.05) is 12.5 Å². The summed E-state index contributed by atoms with van der Waals surface area (Å²) in [4.78, 5) is 0. The molecule has 2 rings (SSSR count). The van der Waals surface area contributed by atoms with E-state index in [2.05, 4.69) is 5.32 Å². The monoisotopic (exact) mass is 233 g/mol. The van der Waals surface area contributed by atoms with Crippen molar-refractivity contribution in [2.75, 3.05) is 24.6 Å².